The summed E-state index contributed by atoms with van der Waals surface area (Å²) in [5.41, 5.74) is 2.32. The molecule has 0 aliphatic carbocycles. The molecule has 3 aromatic heterocycles. The first-order valence-corrected chi connectivity index (χ1v) is 5.61. The van der Waals surface area contributed by atoms with Gasteiger partial charge >= 0.3 is 5.97 Å². The van der Waals surface area contributed by atoms with Crippen LogP contribution in [0.25, 0.3) is 16.9 Å². The number of fused-ring (bicyclic) bond motifs is 1. The lowest BCUT2D eigenvalue weighted by molar-refractivity contribution is -0.685. The van der Waals surface area contributed by atoms with Gasteiger partial charge in [-0.25, -0.2) is 9.78 Å². The number of carboxylic acids is 1. The number of carboxylic acid groups (broad SMARTS) is 1. The van der Waals surface area contributed by atoms with E-state index in [0.717, 1.165) is 11.3 Å². The molecule has 0 atom stereocenters. The fraction of sp³-hybridized carbons (Fsp3) is 0.0833. The largest absolute Gasteiger partial charge is 0.477 e. The van der Waals surface area contributed by atoms with Crippen molar-refractivity contribution in [2.75, 3.05) is 0 Å². The predicted octanol–water partition coefficient (Wildman–Crippen LogP) is 0.163. The van der Waals surface area contributed by atoms with Crippen LogP contribution in [0.15, 0.2) is 43.0 Å². The number of rotatable bonds is 3. The summed E-state index contributed by atoms with van der Waals surface area (Å²) < 4.78 is 3.04. The van der Waals surface area contributed by atoms with Gasteiger partial charge in [0.25, 0.3) is 0 Å². The quantitative estimate of drug-likeness (QED) is 0.675. The van der Waals surface area contributed by atoms with Crippen LogP contribution in [-0.2, 0) is 11.3 Å². The minimum Gasteiger partial charge on any atom is -0.477 e. The van der Waals surface area contributed by atoms with Crippen molar-refractivity contribution in [3.05, 3.63) is 43.0 Å². The summed E-state index contributed by atoms with van der Waals surface area (Å²) in [5.74, 6) is -0.875. The van der Waals surface area contributed by atoms with Gasteiger partial charge in [-0.3, -0.25) is 0 Å². The smallest absolute Gasteiger partial charge is 0.370 e. The van der Waals surface area contributed by atoms with Gasteiger partial charge in [0.1, 0.15) is 6.33 Å². The van der Waals surface area contributed by atoms with E-state index in [2.05, 4.69) is 15.2 Å². The SMILES string of the molecule is O=C(O)C[n+]1ccc(-c2ccc3ncnn3n2)cc1. The Bertz CT molecular complexity index is 735. The van der Waals surface area contributed by atoms with E-state index in [-0.39, 0.29) is 6.54 Å². The van der Waals surface area contributed by atoms with E-state index >= 15 is 0 Å². The second-order valence-electron chi connectivity index (χ2n) is 3.98. The number of hydrogen-bond donors (Lipinski definition) is 1. The molecule has 0 aromatic carbocycles. The molecular formula is C12H10N5O2+. The number of pyridine rings is 1. The van der Waals surface area contributed by atoms with Crippen molar-refractivity contribution in [3.63, 3.8) is 0 Å². The van der Waals surface area contributed by atoms with Crippen LogP contribution in [0.4, 0.5) is 0 Å². The van der Waals surface area contributed by atoms with Crippen LogP contribution in [0.5, 0.6) is 0 Å². The summed E-state index contributed by atoms with van der Waals surface area (Å²) in [6, 6.07) is 7.30. The summed E-state index contributed by atoms with van der Waals surface area (Å²) in [6.07, 6.45) is 4.85. The van der Waals surface area contributed by atoms with Gasteiger partial charge in [0.05, 0.1) is 5.69 Å². The van der Waals surface area contributed by atoms with Crippen LogP contribution in [0.1, 0.15) is 0 Å². The molecule has 3 rings (SSSR count). The highest BCUT2D eigenvalue weighted by atomic mass is 16.4. The van der Waals surface area contributed by atoms with E-state index in [0.29, 0.717) is 5.65 Å². The van der Waals surface area contributed by atoms with E-state index in [1.807, 2.05) is 24.3 Å². The van der Waals surface area contributed by atoms with Gasteiger partial charge < -0.3 is 5.11 Å². The average molecular weight is 256 g/mol. The minimum absolute atomic E-state index is 0.0597. The first-order chi connectivity index (χ1) is 9.22. The molecule has 0 fully saturated rings. The van der Waals surface area contributed by atoms with Crippen molar-refractivity contribution >= 4 is 11.6 Å². The van der Waals surface area contributed by atoms with Gasteiger partial charge in [-0.1, -0.05) is 0 Å². The molecule has 1 N–H and O–H groups in total. The first-order valence-electron chi connectivity index (χ1n) is 5.61. The maximum absolute atomic E-state index is 10.6. The molecule has 3 aromatic rings. The van der Waals surface area contributed by atoms with Crippen molar-refractivity contribution in [2.24, 2.45) is 0 Å². The normalized spacial score (nSPS) is 10.7. The highest BCUT2D eigenvalue weighted by Crippen LogP contribution is 2.14. The fourth-order valence-electron chi connectivity index (χ4n) is 1.76. The third-order valence-electron chi connectivity index (χ3n) is 2.65. The Hall–Kier alpha value is -2.83. The van der Waals surface area contributed by atoms with E-state index in [1.165, 1.54) is 11.0 Å². The Morgan fingerprint density at radius 2 is 2.05 bits per heavy atom. The zero-order valence-electron chi connectivity index (χ0n) is 9.84. The summed E-state index contributed by atoms with van der Waals surface area (Å²) in [7, 11) is 0. The molecule has 7 heteroatoms. The lowest BCUT2D eigenvalue weighted by Gasteiger charge is -1.99. The Labute approximate surface area is 107 Å². The van der Waals surface area contributed by atoms with E-state index in [4.69, 9.17) is 5.11 Å². The van der Waals surface area contributed by atoms with Crippen molar-refractivity contribution in [2.45, 2.75) is 6.54 Å². The van der Waals surface area contributed by atoms with Gasteiger partial charge in [0.2, 0.25) is 6.54 Å². The molecule has 0 saturated heterocycles. The molecule has 0 amide bonds. The van der Waals surface area contributed by atoms with Crippen LogP contribution in [0, 0.1) is 0 Å². The minimum atomic E-state index is -0.875. The number of carbonyl (C=O) groups is 1. The van der Waals surface area contributed by atoms with Crippen LogP contribution in [0.2, 0.25) is 0 Å². The molecular weight excluding hydrogens is 246 g/mol. The van der Waals surface area contributed by atoms with Crippen molar-refractivity contribution in [3.8, 4) is 11.3 Å². The molecule has 19 heavy (non-hydrogen) atoms. The second kappa shape index (κ2) is 4.45. The number of nitrogens with zero attached hydrogens (tertiary/aromatic N) is 5. The second-order valence-corrected chi connectivity index (χ2v) is 3.98. The molecule has 0 radical (unpaired) electrons. The average Bonchev–Trinajstić information content (AvgIpc) is 2.86. The highest BCUT2D eigenvalue weighted by molar-refractivity contribution is 5.65. The number of aliphatic carboxylic acids is 1. The summed E-state index contributed by atoms with van der Waals surface area (Å²) in [4.78, 5) is 14.6. The maximum atomic E-state index is 10.6. The third-order valence-corrected chi connectivity index (χ3v) is 2.65. The number of aromatic nitrogens is 5. The van der Waals surface area contributed by atoms with Crippen LogP contribution < -0.4 is 4.57 Å². The fourth-order valence-corrected chi connectivity index (χ4v) is 1.76. The summed E-state index contributed by atoms with van der Waals surface area (Å²) in [6.45, 7) is -0.0597. The first kappa shape index (κ1) is 11.3. The predicted molar refractivity (Wildman–Crippen MR) is 64.0 cm³/mol. The van der Waals surface area contributed by atoms with Gasteiger partial charge in [-0.05, 0) is 12.1 Å². The third kappa shape index (κ3) is 2.25. The van der Waals surface area contributed by atoms with E-state index < -0.39 is 5.97 Å². The zero-order chi connectivity index (χ0) is 13.2. The Balaban J connectivity index is 1.94. The van der Waals surface area contributed by atoms with Gasteiger partial charge in [0, 0.05) is 17.7 Å². The maximum Gasteiger partial charge on any atom is 0.370 e. The van der Waals surface area contributed by atoms with Crippen LogP contribution >= 0.6 is 0 Å². The number of hydrogen-bond acceptors (Lipinski definition) is 4. The Morgan fingerprint density at radius 3 is 2.79 bits per heavy atom. The molecule has 0 bridgehead atoms. The lowest BCUT2D eigenvalue weighted by atomic mass is 10.2. The molecule has 3 heterocycles. The van der Waals surface area contributed by atoms with Crippen molar-refractivity contribution in [1.82, 2.24) is 19.8 Å². The van der Waals surface area contributed by atoms with E-state index in [1.54, 1.807) is 17.0 Å². The van der Waals surface area contributed by atoms with Crippen molar-refractivity contribution < 1.29 is 14.5 Å². The summed E-state index contributed by atoms with van der Waals surface area (Å²) >= 11 is 0. The molecule has 0 aliphatic rings. The molecule has 0 unspecified atom stereocenters. The standard InChI is InChI=1S/C12H9N5O2/c18-12(19)7-16-5-3-9(4-6-16)10-1-2-11-13-8-14-17(11)15-10/h1-6,8H,7H2/p+1. The monoisotopic (exact) mass is 256 g/mol. The van der Waals surface area contributed by atoms with Gasteiger partial charge in [-0.2, -0.15) is 4.57 Å². The molecule has 94 valence electrons. The summed E-state index contributed by atoms with van der Waals surface area (Å²) in [5, 5.41) is 17.0. The van der Waals surface area contributed by atoms with Crippen LogP contribution in [0.3, 0.4) is 0 Å². The highest BCUT2D eigenvalue weighted by Gasteiger charge is 2.08. The van der Waals surface area contributed by atoms with Gasteiger partial charge in [-0.15, -0.1) is 14.8 Å². The zero-order valence-corrected chi connectivity index (χ0v) is 9.84. The Morgan fingerprint density at radius 1 is 1.26 bits per heavy atom. The molecule has 7 nitrogen and oxygen atoms in total. The van der Waals surface area contributed by atoms with Crippen LogP contribution in [-0.4, -0.2) is 30.9 Å². The van der Waals surface area contributed by atoms with Crippen molar-refractivity contribution in [1.29, 1.82) is 0 Å². The Kier molecular flexibility index (Phi) is 2.64. The molecule has 0 spiro atoms. The molecule has 0 saturated carbocycles. The molecule has 0 aliphatic heterocycles. The topological polar surface area (TPSA) is 84.3 Å². The lowest BCUT2D eigenvalue weighted by Crippen LogP contribution is -2.36. The van der Waals surface area contributed by atoms with Gasteiger partial charge in [0.15, 0.2) is 18.0 Å². The van der Waals surface area contributed by atoms with E-state index in [9.17, 15) is 4.79 Å².